The van der Waals surface area contributed by atoms with Gasteiger partial charge in [0.25, 0.3) is 0 Å². The molecule has 0 radical (unpaired) electrons. The Bertz CT molecular complexity index is 207. The van der Waals surface area contributed by atoms with Crippen molar-refractivity contribution < 1.29 is 4.79 Å². The summed E-state index contributed by atoms with van der Waals surface area (Å²) in [6.45, 7) is 6.36. The average Bonchev–Trinajstić information content (AvgIpc) is 1.72. The smallest absolute Gasteiger partial charge is 0.130 e. The summed E-state index contributed by atoms with van der Waals surface area (Å²) in [5.74, 6) is 1.21. The second-order valence-corrected chi connectivity index (χ2v) is 5.43. The third kappa shape index (κ3) is 0.884. The minimum Gasteiger partial charge on any atom is -0.300 e. The molecule has 0 aromatic heterocycles. The first kappa shape index (κ1) is 8.28. The Morgan fingerprint density at radius 2 is 1.83 bits per heavy atom. The van der Waals surface area contributed by atoms with Crippen molar-refractivity contribution in [1.29, 1.82) is 0 Å². The van der Waals surface area contributed by atoms with Crippen molar-refractivity contribution in [2.45, 2.75) is 46.5 Å². The highest BCUT2D eigenvalue weighted by Gasteiger charge is 2.68. The molecule has 0 spiro atoms. The Kier molecular flexibility index (Phi) is 1.47. The molecule has 1 heteroatoms. The molecule has 0 atom stereocenters. The Morgan fingerprint density at radius 3 is 2.17 bits per heavy atom. The lowest BCUT2D eigenvalue weighted by Gasteiger charge is -2.73. The van der Waals surface area contributed by atoms with Crippen molar-refractivity contribution in [2.24, 2.45) is 16.7 Å². The number of hydrogen-bond acceptors (Lipinski definition) is 1. The van der Waals surface area contributed by atoms with Crippen LogP contribution in [0.4, 0.5) is 0 Å². The second-order valence-electron chi connectivity index (χ2n) is 5.43. The lowest BCUT2D eigenvalue weighted by molar-refractivity contribution is -0.230. The Balaban J connectivity index is 1.91. The Hall–Kier alpha value is -0.330. The normalized spacial score (nSPS) is 43.7. The van der Waals surface area contributed by atoms with Crippen LogP contribution in [0.5, 0.6) is 0 Å². The van der Waals surface area contributed by atoms with E-state index in [1.54, 1.807) is 6.92 Å². The molecule has 3 aliphatic carbocycles. The van der Waals surface area contributed by atoms with Crippen LogP contribution < -0.4 is 0 Å². The van der Waals surface area contributed by atoms with E-state index < -0.39 is 0 Å². The summed E-state index contributed by atoms with van der Waals surface area (Å²) >= 11 is 0. The van der Waals surface area contributed by atoms with Crippen molar-refractivity contribution in [3.05, 3.63) is 0 Å². The molecule has 0 aromatic carbocycles. The number of Topliss-reactive ketones (excluding diaryl/α,β-unsaturated/α-hetero) is 1. The van der Waals surface area contributed by atoms with E-state index in [1.165, 1.54) is 19.3 Å². The first-order chi connectivity index (χ1) is 5.48. The minimum atomic E-state index is 0.382. The van der Waals surface area contributed by atoms with Crippen LogP contribution in [0.15, 0.2) is 0 Å². The molecular weight excluding hydrogens is 148 g/mol. The highest BCUT2D eigenvalue weighted by atomic mass is 16.1. The lowest BCUT2D eigenvalue weighted by atomic mass is 9.31. The molecule has 0 unspecified atom stereocenters. The van der Waals surface area contributed by atoms with Gasteiger partial charge < -0.3 is 4.79 Å². The maximum Gasteiger partial charge on any atom is 0.130 e. The topological polar surface area (TPSA) is 17.1 Å². The maximum absolute atomic E-state index is 11.0. The quantitative estimate of drug-likeness (QED) is 0.630. The van der Waals surface area contributed by atoms with Crippen LogP contribution in [0.3, 0.4) is 0 Å². The van der Waals surface area contributed by atoms with E-state index in [9.17, 15) is 4.79 Å². The molecule has 12 heavy (non-hydrogen) atoms. The van der Waals surface area contributed by atoms with Crippen LogP contribution in [-0.2, 0) is 4.79 Å². The standard InChI is InChI=1S/C11H18O/c1-8(2)11-5-10(6-11,7-11)4-9(3)12/h8H,4-7H2,1-3H3. The molecule has 3 fully saturated rings. The van der Waals surface area contributed by atoms with E-state index in [-0.39, 0.29) is 0 Å². The maximum atomic E-state index is 11.0. The van der Waals surface area contributed by atoms with Crippen molar-refractivity contribution in [3.63, 3.8) is 0 Å². The molecule has 3 aliphatic rings. The SMILES string of the molecule is CC(=O)CC12CC(C(C)C)(C1)C2. The van der Waals surface area contributed by atoms with E-state index >= 15 is 0 Å². The fraction of sp³-hybridized carbons (Fsp3) is 0.909. The van der Waals surface area contributed by atoms with Gasteiger partial charge >= 0.3 is 0 Å². The second kappa shape index (κ2) is 2.12. The Labute approximate surface area is 74.5 Å². The summed E-state index contributed by atoms with van der Waals surface area (Å²) in [5.41, 5.74) is 1.14. The molecule has 3 saturated carbocycles. The van der Waals surface area contributed by atoms with Gasteiger partial charge in [0, 0.05) is 6.42 Å². The summed E-state index contributed by atoms with van der Waals surface area (Å²) in [4.78, 5) is 11.0. The number of rotatable bonds is 3. The van der Waals surface area contributed by atoms with Crippen molar-refractivity contribution in [1.82, 2.24) is 0 Å². The molecule has 1 nitrogen and oxygen atoms in total. The molecule has 0 aromatic rings. The zero-order chi connectivity index (χ0) is 8.98. The third-order valence-corrected chi connectivity index (χ3v) is 4.03. The van der Waals surface area contributed by atoms with Gasteiger partial charge in [0.1, 0.15) is 5.78 Å². The molecule has 0 N–H and O–H groups in total. The van der Waals surface area contributed by atoms with Crippen molar-refractivity contribution in [3.8, 4) is 0 Å². The molecule has 0 amide bonds. The zero-order valence-electron chi connectivity index (χ0n) is 8.31. The van der Waals surface area contributed by atoms with Crippen LogP contribution in [0.25, 0.3) is 0 Å². The van der Waals surface area contributed by atoms with Crippen LogP contribution in [-0.4, -0.2) is 5.78 Å². The average molecular weight is 166 g/mol. The van der Waals surface area contributed by atoms with Crippen molar-refractivity contribution >= 4 is 5.78 Å². The van der Waals surface area contributed by atoms with Crippen LogP contribution in [0.1, 0.15) is 46.5 Å². The summed E-state index contributed by atoms with van der Waals surface area (Å²) in [6.07, 6.45) is 4.84. The molecule has 2 bridgehead atoms. The van der Waals surface area contributed by atoms with E-state index in [4.69, 9.17) is 0 Å². The molecule has 0 saturated heterocycles. The summed E-state index contributed by atoms with van der Waals surface area (Å²) in [5, 5.41) is 0. The van der Waals surface area contributed by atoms with Gasteiger partial charge in [-0.1, -0.05) is 13.8 Å². The van der Waals surface area contributed by atoms with Crippen LogP contribution in [0, 0.1) is 16.7 Å². The van der Waals surface area contributed by atoms with E-state index in [0.29, 0.717) is 16.6 Å². The van der Waals surface area contributed by atoms with Crippen LogP contribution in [0.2, 0.25) is 0 Å². The van der Waals surface area contributed by atoms with Gasteiger partial charge in [0.15, 0.2) is 0 Å². The highest BCUT2D eigenvalue weighted by molar-refractivity contribution is 5.76. The van der Waals surface area contributed by atoms with Crippen LogP contribution >= 0.6 is 0 Å². The number of ketones is 1. The van der Waals surface area contributed by atoms with Crippen molar-refractivity contribution in [2.75, 3.05) is 0 Å². The zero-order valence-corrected chi connectivity index (χ0v) is 8.31. The number of carbonyl (C=O) groups is 1. The first-order valence-corrected chi connectivity index (χ1v) is 4.98. The van der Waals surface area contributed by atoms with Gasteiger partial charge in [-0.15, -0.1) is 0 Å². The van der Waals surface area contributed by atoms with Gasteiger partial charge in [-0.05, 0) is 42.9 Å². The lowest BCUT2D eigenvalue weighted by Crippen LogP contribution is -2.64. The third-order valence-electron chi connectivity index (χ3n) is 4.03. The fourth-order valence-electron chi connectivity index (χ4n) is 3.41. The molecule has 0 heterocycles. The summed E-state index contributed by atoms with van der Waals surface area (Å²) in [6, 6.07) is 0. The number of hydrogen-bond donors (Lipinski definition) is 0. The first-order valence-electron chi connectivity index (χ1n) is 4.98. The van der Waals surface area contributed by atoms with Gasteiger partial charge in [0.05, 0.1) is 0 Å². The number of carbonyl (C=O) groups excluding carboxylic acids is 1. The molecule has 3 rings (SSSR count). The molecule has 68 valence electrons. The van der Waals surface area contributed by atoms with Gasteiger partial charge in [-0.2, -0.15) is 0 Å². The Morgan fingerprint density at radius 1 is 1.33 bits per heavy atom. The molecule has 0 aliphatic heterocycles. The molecular formula is C11H18O. The predicted octanol–water partition coefficient (Wildman–Crippen LogP) is 2.79. The fourth-order valence-corrected chi connectivity index (χ4v) is 3.41. The van der Waals surface area contributed by atoms with Gasteiger partial charge in [-0.25, -0.2) is 0 Å². The highest BCUT2D eigenvalue weighted by Crippen LogP contribution is 2.77. The monoisotopic (exact) mass is 166 g/mol. The predicted molar refractivity (Wildman–Crippen MR) is 48.9 cm³/mol. The summed E-state index contributed by atoms with van der Waals surface area (Å²) in [7, 11) is 0. The van der Waals surface area contributed by atoms with Gasteiger partial charge in [0.2, 0.25) is 0 Å². The van der Waals surface area contributed by atoms with Gasteiger partial charge in [-0.3, -0.25) is 0 Å². The van der Waals surface area contributed by atoms with E-state index in [1.807, 2.05) is 0 Å². The van der Waals surface area contributed by atoms with E-state index in [0.717, 1.165) is 12.3 Å². The minimum absolute atomic E-state index is 0.382. The largest absolute Gasteiger partial charge is 0.300 e. The van der Waals surface area contributed by atoms with E-state index in [2.05, 4.69) is 13.8 Å². The summed E-state index contributed by atoms with van der Waals surface area (Å²) < 4.78 is 0.